The van der Waals surface area contributed by atoms with Crippen LogP contribution in [0.3, 0.4) is 0 Å². The van der Waals surface area contributed by atoms with Gasteiger partial charge in [-0.2, -0.15) is 10.2 Å². The Morgan fingerprint density at radius 3 is 2.47 bits per heavy atom. The quantitative estimate of drug-likeness (QED) is 0.630. The van der Waals surface area contributed by atoms with Crippen molar-refractivity contribution in [3.63, 3.8) is 0 Å². The summed E-state index contributed by atoms with van der Waals surface area (Å²) in [6, 6.07) is 8.11. The van der Waals surface area contributed by atoms with Crippen LogP contribution in [0.1, 0.15) is 39.7 Å². The van der Waals surface area contributed by atoms with Gasteiger partial charge in [-0.05, 0) is 17.6 Å². The summed E-state index contributed by atoms with van der Waals surface area (Å²) in [5, 5.41) is 8.36. The van der Waals surface area contributed by atoms with Crippen molar-refractivity contribution < 1.29 is 0 Å². The molecule has 0 unspecified atom stereocenters. The summed E-state index contributed by atoms with van der Waals surface area (Å²) in [5.41, 5.74) is 3.50. The number of azo groups is 1. The lowest BCUT2D eigenvalue weighted by Gasteiger charge is -2.06. The van der Waals surface area contributed by atoms with Crippen molar-refractivity contribution in [3.05, 3.63) is 35.4 Å². The SMILES string of the molecule is CC(C)C1=Cc2ccccc2N=NC1.CCC. The summed E-state index contributed by atoms with van der Waals surface area (Å²) in [4.78, 5) is 0. The summed E-state index contributed by atoms with van der Waals surface area (Å²) < 4.78 is 0. The van der Waals surface area contributed by atoms with Crippen LogP contribution < -0.4 is 0 Å². The van der Waals surface area contributed by atoms with Gasteiger partial charge >= 0.3 is 0 Å². The normalized spacial score (nSPS) is 13.4. The monoisotopic (exact) mass is 230 g/mol. The Morgan fingerprint density at radius 1 is 1.18 bits per heavy atom. The van der Waals surface area contributed by atoms with Crippen LogP contribution in [-0.2, 0) is 0 Å². The molecule has 2 nitrogen and oxygen atoms in total. The zero-order valence-corrected chi connectivity index (χ0v) is 11.3. The lowest BCUT2D eigenvalue weighted by Crippen LogP contribution is -1.96. The molecule has 17 heavy (non-hydrogen) atoms. The van der Waals surface area contributed by atoms with Crippen molar-refractivity contribution >= 4 is 11.8 Å². The van der Waals surface area contributed by atoms with Crippen LogP contribution >= 0.6 is 0 Å². The molecule has 0 aliphatic carbocycles. The lowest BCUT2D eigenvalue weighted by atomic mass is 10.0. The van der Waals surface area contributed by atoms with Crippen LogP contribution in [0.4, 0.5) is 5.69 Å². The number of benzene rings is 1. The third-order valence-corrected chi connectivity index (χ3v) is 2.45. The molecule has 0 saturated carbocycles. The molecule has 2 heteroatoms. The van der Waals surface area contributed by atoms with Gasteiger partial charge in [-0.1, -0.05) is 58.4 Å². The number of hydrogen-bond acceptors (Lipinski definition) is 2. The predicted octanol–water partition coefficient (Wildman–Crippen LogP) is 5.24. The zero-order valence-electron chi connectivity index (χ0n) is 11.3. The summed E-state index contributed by atoms with van der Waals surface area (Å²) in [7, 11) is 0. The molecule has 0 radical (unpaired) electrons. The van der Waals surface area contributed by atoms with Crippen molar-refractivity contribution in [2.24, 2.45) is 16.1 Å². The van der Waals surface area contributed by atoms with E-state index in [1.807, 2.05) is 18.2 Å². The van der Waals surface area contributed by atoms with E-state index in [9.17, 15) is 0 Å². The molecule has 1 aliphatic rings. The molecule has 0 atom stereocenters. The van der Waals surface area contributed by atoms with E-state index in [4.69, 9.17) is 0 Å². The maximum absolute atomic E-state index is 4.19. The fourth-order valence-electron chi connectivity index (χ4n) is 1.49. The van der Waals surface area contributed by atoms with Crippen molar-refractivity contribution in [2.75, 3.05) is 6.54 Å². The van der Waals surface area contributed by atoms with Crippen LogP contribution in [0.15, 0.2) is 40.1 Å². The van der Waals surface area contributed by atoms with E-state index in [-0.39, 0.29) is 0 Å². The van der Waals surface area contributed by atoms with Crippen LogP contribution in [0.2, 0.25) is 0 Å². The first-order valence-electron chi connectivity index (χ1n) is 6.36. The van der Waals surface area contributed by atoms with Gasteiger partial charge in [0.05, 0.1) is 12.2 Å². The standard InChI is InChI=1S/C12H14N2.C3H8/c1-9(2)11-7-10-5-3-4-6-12(10)14-13-8-11;1-3-2/h3-7,9H,8H2,1-2H3;3H2,1-2H3. The second-order valence-corrected chi connectivity index (χ2v) is 4.54. The smallest absolute Gasteiger partial charge is 0.0924 e. The first-order valence-corrected chi connectivity index (χ1v) is 6.36. The Balaban J connectivity index is 0.000000437. The Morgan fingerprint density at radius 2 is 1.82 bits per heavy atom. The number of hydrogen-bond donors (Lipinski definition) is 0. The highest BCUT2D eigenvalue weighted by molar-refractivity contribution is 5.66. The summed E-state index contributed by atoms with van der Waals surface area (Å²) in [6.45, 7) is 9.36. The van der Waals surface area contributed by atoms with Gasteiger partial charge in [0.25, 0.3) is 0 Å². The minimum atomic E-state index is 0.542. The number of nitrogens with zero attached hydrogens (tertiary/aromatic N) is 2. The van der Waals surface area contributed by atoms with Crippen molar-refractivity contribution in [3.8, 4) is 0 Å². The molecule has 0 bridgehead atoms. The van der Waals surface area contributed by atoms with Gasteiger partial charge in [0.2, 0.25) is 0 Å². The molecule has 0 fully saturated rings. The van der Waals surface area contributed by atoms with E-state index in [2.05, 4.69) is 50.1 Å². The molecule has 92 valence electrons. The van der Waals surface area contributed by atoms with E-state index >= 15 is 0 Å². The molecule has 1 aliphatic heterocycles. The maximum Gasteiger partial charge on any atom is 0.0924 e. The first kappa shape index (κ1) is 13.6. The van der Waals surface area contributed by atoms with Gasteiger partial charge in [-0.25, -0.2) is 0 Å². The fraction of sp³-hybridized carbons (Fsp3) is 0.467. The van der Waals surface area contributed by atoms with Gasteiger partial charge in [0.1, 0.15) is 0 Å². The van der Waals surface area contributed by atoms with E-state index in [1.165, 1.54) is 17.6 Å². The summed E-state index contributed by atoms with van der Waals surface area (Å²) in [5.74, 6) is 0.542. The summed E-state index contributed by atoms with van der Waals surface area (Å²) in [6.07, 6.45) is 3.46. The molecule has 0 N–H and O–H groups in total. The van der Waals surface area contributed by atoms with Crippen molar-refractivity contribution in [2.45, 2.75) is 34.1 Å². The van der Waals surface area contributed by atoms with Crippen LogP contribution in [0.5, 0.6) is 0 Å². The second-order valence-electron chi connectivity index (χ2n) is 4.54. The minimum Gasteiger partial charge on any atom is -0.184 e. The van der Waals surface area contributed by atoms with Gasteiger partial charge in [0.15, 0.2) is 0 Å². The third-order valence-electron chi connectivity index (χ3n) is 2.45. The van der Waals surface area contributed by atoms with Crippen LogP contribution in [0, 0.1) is 5.92 Å². The lowest BCUT2D eigenvalue weighted by molar-refractivity contribution is 0.746. The molecular weight excluding hydrogens is 208 g/mol. The van der Waals surface area contributed by atoms with Crippen LogP contribution in [0.25, 0.3) is 6.08 Å². The first-order chi connectivity index (χ1) is 8.19. The largest absolute Gasteiger partial charge is 0.184 e. The van der Waals surface area contributed by atoms with E-state index in [0.717, 1.165) is 12.2 Å². The molecule has 0 amide bonds. The highest BCUT2D eigenvalue weighted by Gasteiger charge is 2.08. The Hall–Kier alpha value is -1.44. The predicted molar refractivity (Wildman–Crippen MR) is 74.6 cm³/mol. The highest BCUT2D eigenvalue weighted by Crippen LogP contribution is 2.27. The number of fused-ring (bicyclic) bond motifs is 1. The fourth-order valence-corrected chi connectivity index (χ4v) is 1.49. The van der Waals surface area contributed by atoms with E-state index in [1.54, 1.807) is 0 Å². The van der Waals surface area contributed by atoms with Crippen LogP contribution in [-0.4, -0.2) is 6.54 Å². The minimum absolute atomic E-state index is 0.542. The molecule has 2 rings (SSSR count). The molecule has 0 saturated heterocycles. The van der Waals surface area contributed by atoms with Gasteiger partial charge < -0.3 is 0 Å². The molecule has 1 heterocycles. The Labute approximate surface area is 104 Å². The zero-order chi connectivity index (χ0) is 12.7. The van der Waals surface area contributed by atoms with Gasteiger partial charge in [-0.3, -0.25) is 0 Å². The van der Waals surface area contributed by atoms with E-state index in [0.29, 0.717) is 5.92 Å². The van der Waals surface area contributed by atoms with Crippen molar-refractivity contribution in [1.82, 2.24) is 0 Å². The average Bonchev–Trinajstić information content (AvgIpc) is 2.51. The Kier molecular flexibility index (Phi) is 5.61. The highest BCUT2D eigenvalue weighted by atomic mass is 15.1. The van der Waals surface area contributed by atoms with Gasteiger partial charge in [0, 0.05) is 5.56 Å². The molecule has 0 aromatic heterocycles. The second kappa shape index (κ2) is 7.00. The van der Waals surface area contributed by atoms with Gasteiger partial charge in [-0.15, -0.1) is 0 Å². The number of rotatable bonds is 1. The molecule has 1 aromatic carbocycles. The maximum atomic E-state index is 4.19. The van der Waals surface area contributed by atoms with E-state index < -0.39 is 0 Å². The molecule has 1 aromatic rings. The third kappa shape index (κ3) is 4.14. The molecular formula is C15H22N2. The summed E-state index contributed by atoms with van der Waals surface area (Å²) >= 11 is 0. The molecule has 0 spiro atoms. The van der Waals surface area contributed by atoms with Crippen molar-refractivity contribution in [1.29, 1.82) is 0 Å². The average molecular weight is 230 g/mol. The topological polar surface area (TPSA) is 24.7 Å². The Bertz CT molecular complexity index is 403.